The summed E-state index contributed by atoms with van der Waals surface area (Å²) in [6, 6.07) is 15.5. The third-order valence-electron chi connectivity index (χ3n) is 5.10. The van der Waals surface area contributed by atoms with Crippen LogP contribution in [0.25, 0.3) is 0 Å². The number of rotatable bonds is 3. The largest absolute Gasteiger partial charge is 0.373 e. The Kier molecular flexibility index (Phi) is 4.14. The van der Waals surface area contributed by atoms with E-state index in [1.54, 1.807) is 19.4 Å². The Hall–Kier alpha value is -2.25. The van der Waals surface area contributed by atoms with Crippen LogP contribution in [-0.4, -0.2) is 12.1 Å². The molecule has 0 unspecified atom stereocenters. The molecule has 1 saturated carbocycles. The van der Waals surface area contributed by atoms with E-state index in [2.05, 4.69) is 11.1 Å². The first kappa shape index (κ1) is 15.6. The van der Waals surface area contributed by atoms with Gasteiger partial charge in [0.1, 0.15) is 0 Å². The molecular formula is C19H19FN2O. The molecule has 0 saturated heterocycles. The third kappa shape index (κ3) is 2.73. The van der Waals surface area contributed by atoms with Gasteiger partial charge in [-0.3, -0.25) is 0 Å². The van der Waals surface area contributed by atoms with Gasteiger partial charge in [0.25, 0.3) is 0 Å². The number of benzene rings is 1. The standard InChI is InChI=1S/C19H19FN2O/c1-23-19(16-7-8-17(20)22-13-16)11-9-18(14-21,10-12-19)15-5-3-2-4-6-15/h2-8,13H,9-12H2,1H3. The van der Waals surface area contributed by atoms with Crippen molar-refractivity contribution in [1.82, 2.24) is 4.98 Å². The average Bonchev–Trinajstić information content (AvgIpc) is 2.63. The van der Waals surface area contributed by atoms with Crippen LogP contribution in [0.4, 0.5) is 4.39 Å². The van der Waals surface area contributed by atoms with Crippen molar-refractivity contribution in [3.63, 3.8) is 0 Å². The SMILES string of the molecule is COC1(c2ccc(F)nc2)CCC(C#N)(c2ccccc2)CC1. The molecule has 1 aliphatic rings. The van der Waals surface area contributed by atoms with Crippen LogP contribution in [0.15, 0.2) is 48.7 Å². The maximum Gasteiger partial charge on any atom is 0.212 e. The lowest BCUT2D eigenvalue weighted by Gasteiger charge is -2.43. The van der Waals surface area contributed by atoms with Crippen molar-refractivity contribution >= 4 is 0 Å². The zero-order chi connectivity index (χ0) is 16.3. The summed E-state index contributed by atoms with van der Waals surface area (Å²) in [4.78, 5) is 3.75. The summed E-state index contributed by atoms with van der Waals surface area (Å²) in [6.45, 7) is 0. The molecule has 1 aromatic carbocycles. The van der Waals surface area contributed by atoms with Crippen LogP contribution in [-0.2, 0) is 15.8 Å². The fourth-order valence-corrected chi connectivity index (χ4v) is 3.56. The predicted octanol–water partition coefficient (Wildman–Crippen LogP) is 4.10. The summed E-state index contributed by atoms with van der Waals surface area (Å²) < 4.78 is 18.9. The van der Waals surface area contributed by atoms with Crippen LogP contribution in [0.1, 0.15) is 36.8 Å². The summed E-state index contributed by atoms with van der Waals surface area (Å²) in [6.07, 6.45) is 4.37. The smallest absolute Gasteiger partial charge is 0.212 e. The Balaban J connectivity index is 1.88. The number of halogens is 1. The summed E-state index contributed by atoms with van der Waals surface area (Å²) in [5.74, 6) is -0.494. The molecule has 0 N–H and O–H groups in total. The van der Waals surface area contributed by atoms with Gasteiger partial charge in [-0.25, -0.2) is 4.98 Å². The monoisotopic (exact) mass is 310 g/mol. The fraction of sp³-hybridized carbons (Fsp3) is 0.368. The summed E-state index contributed by atoms with van der Waals surface area (Å²) in [5.41, 5.74) is 0.970. The molecule has 3 rings (SSSR count). The van der Waals surface area contributed by atoms with Crippen molar-refractivity contribution in [2.24, 2.45) is 0 Å². The van der Waals surface area contributed by atoms with Crippen molar-refractivity contribution in [3.8, 4) is 6.07 Å². The van der Waals surface area contributed by atoms with Gasteiger partial charge in [-0.2, -0.15) is 9.65 Å². The number of hydrogen-bond donors (Lipinski definition) is 0. The molecule has 0 spiro atoms. The van der Waals surface area contributed by atoms with E-state index in [9.17, 15) is 9.65 Å². The van der Waals surface area contributed by atoms with Crippen molar-refractivity contribution in [2.45, 2.75) is 36.7 Å². The van der Waals surface area contributed by atoms with E-state index in [1.165, 1.54) is 6.07 Å². The van der Waals surface area contributed by atoms with Crippen molar-refractivity contribution < 1.29 is 9.13 Å². The van der Waals surface area contributed by atoms with Gasteiger partial charge in [-0.15, -0.1) is 0 Å². The molecule has 118 valence electrons. The molecule has 4 heteroatoms. The molecule has 0 aliphatic heterocycles. The number of nitriles is 1. The van der Waals surface area contributed by atoms with Crippen LogP contribution >= 0.6 is 0 Å². The Morgan fingerprint density at radius 1 is 1.04 bits per heavy atom. The van der Waals surface area contributed by atoms with Crippen LogP contribution in [0.5, 0.6) is 0 Å². The molecule has 0 bridgehead atoms. The molecule has 3 nitrogen and oxygen atoms in total. The summed E-state index contributed by atoms with van der Waals surface area (Å²) >= 11 is 0. The third-order valence-corrected chi connectivity index (χ3v) is 5.10. The van der Waals surface area contributed by atoms with Gasteiger partial charge in [0.15, 0.2) is 0 Å². The van der Waals surface area contributed by atoms with E-state index >= 15 is 0 Å². The normalized spacial score (nSPS) is 27.3. The summed E-state index contributed by atoms with van der Waals surface area (Å²) in [7, 11) is 1.67. The van der Waals surface area contributed by atoms with Gasteiger partial charge in [0.05, 0.1) is 17.1 Å². The van der Waals surface area contributed by atoms with Gasteiger partial charge in [0, 0.05) is 18.9 Å². The molecule has 2 aromatic rings. The van der Waals surface area contributed by atoms with Gasteiger partial charge < -0.3 is 4.74 Å². The Morgan fingerprint density at radius 3 is 2.26 bits per heavy atom. The quantitative estimate of drug-likeness (QED) is 0.802. The van der Waals surface area contributed by atoms with E-state index in [1.807, 2.05) is 30.3 Å². The number of pyridine rings is 1. The molecule has 0 amide bonds. The minimum Gasteiger partial charge on any atom is -0.373 e. The minimum absolute atomic E-state index is 0.475. The molecule has 23 heavy (non-hydrogen) atoms. The zero-order valence-electron chi connectivity index (χ0n) is 13.1. The van der Waals surface area contributed by atoms with Gasteiger partial charge in [-0.1, -0.05) is 36.4 Å². The van der Waals surface area contributed by atoms with Crippen molar-refractivity contribution in [2.75, 3.05) is 7.11 Å². The van der Waals surface area contributed by atoms with Crippen LogP contribution in [0, 0.1) is 17.3 Å². The van der Waals surface area contributed by atoms with E-state index in [-0.39, 0.29) is 0 Å². The maximum atomic E-state index is 13.1. The predicted molar refractivity (Wildman–Crippen MR) is 85.1 cm³/mol. The van der Waals surface area contributed by atoms with Crippen LogP contribution in [0.2, 0.25) is 0 Å². The van der Waals surface area contributed by atoms with Gasteiger partial charge in [0.2, 0.25) is 5.95 Å². The molecule has 0 radical (unpaired) electrons. The van der Waals surface area contributed by atoms with E-state index in [0.717, 1.165) is 11.1 Å². The number of ether oxygens (including phenoxy) is 1. The molecule has 1 heterocycles. The number of nitrogens with zero attached hydrogens (tertiary/aromatic N) is 2. The maximum absolute atomic E-state index is 13.1. The highest BCUT2D eigenvalue weighted by Crippen LogP contribution is 2.48. The highest BCUT2D eigenvalue weighted by Gasteiger charge is 2.45. The van der Waals surface area contributed by atoms with Crippen molar-refractivity contribution in [1.29, 1.82) is 5.26 Å². The zero-order valence-corrected chi connectivity index (χ0v) is 13.1. The lowest BCUT2D eigenvalue weighted by Crippen LogP contribution is -2.40. The first-order valence-electron chi connectivity index (χ1n) is 7.78. The molecular weight excluding hydrogens is 291 g/mol. The topological polar surface area (TPSA) is 45.9 Å². The highest BCUT2D eigenvalue weighted by atomic mass is 19.1. The van der Waals surface area contributed by atoms with Crippen molar-refractivity contribution in [3.05, 3.63) is 65.7 Å². The lowest BCUT2D eigenvalue weighted by molar-refractivity contribution is -0.0545. The first-order valence-corrected chi connectivity index (χ1v) is 7.78. The molecule has 1 aromatic heterocycles. The molecule has 1 aliphatic carbocycles. The van der Waals surface area contributed by atoms with E-state index < -0.39 is 17.0 Å². The minimum atomic E-state index is -0.494. The highest BCUT2D eigenvalue weighted by molar-refractivity contribution is 5.34. The average molecular weight is 310 g/mol. The fourth-order valence-electron chi connectivity index (χ4n) is 3.56. The van der Waals surface area contributed by atoms with E-state index in [0.29, 0.717) is 25.7 Å². The van der Waals surface area contributed by atoms with Crippen LogP contribution in [0.3, 0.4) is 0 Å². The number of methoxy groups -OCH3 is 1. The Bertz CT molecular complexity index is 698. The Morgan fingerprint density at radius 2 is 1.74 bits per heavy atom. The molecule has 1 fully saturated rings. The number of hydrogen-bond acceptors (Lipinski definition) is 3. The van der Waals surface area contributed by atoms with Crippen LogP contribution < -0.4 is 0 Å². The first-order chi connectivity index (χ1) is 11.1. The number of aromatic nitrogens is 1. The summed E-state index contributed by atoms with van der Waals surface area (Å²) in [5, 5.41) is 9.79. The van der Waals surface area contributed by atoms with Gasteiger partial charge in [-0.05, 0) is 37.3 Å². The molecule has 0 atom stereocenters. The second-order valence-corrected chi connectivity index (χ2v) is 6.13. The lowest BCUT2D eigenvalue weighted by atomic mass is 9.64. The second-order valence-electron chi connectivity index (χ2n) is 6.13. The van der Waals surface area contributed by atoms with Gasteiger partial charge >= 0.3 is 0 Å². The Labute approximate surface area is 135 Å². The van der Waals surface area contributed by atoms with E-state index in [4.69, 9.17) is 4.74 Å². The second kappa shape index (κ2) is 6.10.